The molecule has 2 aromatic carbocycles. The Kier molecular flexibility index (Phi) is 6.42. The average molecular weight is 343 g/mol. The maximum absolute atomic E-state index is 8.89. The van der Waals surface area contributed by atoms with Crippen LogP contribution in [0.3, 0.4) is 0 Å². The fourth-order valence-electron chi connectivity index (χ4n) is 2.65. The summed E-state index contributed by atoms with van der Waals surface area (Å²) >= 11 is 0. The predicted octanol–water partition coefficient (Wildman–Crippen LogP) is 1.91. The Hall–Kier alpha value is -1.92. The van der Waals surface area contributed by atoms with Gasteiger partial charge >= 0.3 is 0 Å². The van der Waals surface area contributed by atoms with Crippen molar-refractivity contribution >= 4 is 0 Å². The molecule has 1 saturated heterocycles. The lowest BCUT2D eigenvalue weighted by molar-refractivity contribution is 0.105. The van der Waals surface area contributed by atoms with E-state index < -0.39 is 0 Å². The molecule has 2 aromatic rings. The van der Waals surface area contributed by atoms with E-state index in [9.17, 15) is 0 Å². The molecule has 0 amide bonds. The molecule has 0 unspecified atom stereocenters. The van der Waals surface area contributed by atoms with Gasteiger partial charge in [0, 0.05) is 6.04 Å². The Morgan fingerprint density at radius 3 is 2.44 bits per heavy atom. The summed E-state index contributed by atoms with van der Waals surface area (Å²) in [6.07, 6.45) is 0.714. The second kappa shape index (κ2) is 8.97. The van der Waals surface area contributed by atoms with Crippen LogP contribution in [0.25, 0.3) is 0 Å². The van der Waals surface area contributed by atoms with Crippen LogP contribution >= 0.6 is 0 Å². The monoisotopic (exact) mass is 343 g/mol. The molecule has 25 heavy (non-hydrogen) atoms. The summed E-state index contributed by atoms with van der Waals surface area (Å²) in [6.45, 7) is 1.58. The highest BCUT2D eigenvalue weighted by Gasteiger charge is 2.38. The van der Waals surface area contributed by atoms with Crippen LogP contribution in [0.4, 0.5) is 0 Å². The Labute approximate surface area is 148 Å². The van der Waals surface area contributed by atoms with Crippen molar-refractivity contribution in [3.05, 3.63) is 65.7 Å². The van der Waals surface area contributed by atoms with Crippen LogP contribution in [0.5, 0.6) is 5.75 Å². The van der Waals surface area contributed by atoms with Crippen molar-refractivity contribution in [2.75, 3.05) is 19.8 Å². The Morgan fingerprint density at radius 2 is 1.76 bits per heavy atom. The Balaban J connectivity index is 1.36. The third-order valence-corrected chi connectivity index (χ3v) is 4.15. The van der Waals surface area contributed by atoms with E-state index in [1.54, 1.807) is 0 Å². The summed E-state index contributed by atoms with van der Waals surface area (Å²) in [5, 5.41) is 8.89. The molecule has 134 valence electrons. The summed E-state index contributed by atoms with van der Waals surface area (Å²) in [6, 6.07) is 18.0. The molecule has 0 spiro atoms. The SMILES string of the molecule is N[C@H](COC[C@@H]1O[C@@H]1CO)Cc1ccc(OCc2ccccc2)cc1. The van der Waals surface area contributed by atoms with Gasteiger partial charge in [0.2, 0.25) is 0 Å². The maximum Gasteiger partial charge on any atom is 0.119 e. The molecular formula is C20H25NO4. The minimum Gasteiger partial charge on any atom is -0.489 e. The van der Waals surface area contributed by atoms with Gasteiger partial charge in [-0.15, -0.1) is 0 Å². The van der Waals surface area contributed by atoms with Gasteiger partial charge in [0.05, 0.1) is 19.8 Å². The van der Waals surface area contributed by atoms with E-state index in [0.717, 1.165) is 23.3 Å². The van der Waals surface area contributed by atoms with Crippen molar-refractivity contribution in [1.82, 2.24) is 0 Å². The molecule has 1 aliphatic rings. The van der Waals surface area contributed by atoms with Gasteiger partial charge in [0.25, 0.3) is 0 Å². The van der Waals surface area contributed by atoms with Crippen LogP contribution in [0.15, 0.2) is 54.6 Å². The van der Waals surface area contributed by atoms with Crippen molar-refractivity contribution in [3.63, 3.8) is 0 Å². The van der Waals surface area contributed by atoms with Crippen LogP contribution in [0.1, 0.15) is 11.1 Å². The molecule has 5 heteroatoms. The van der Waals surface area contributed by atoms with E-state index >= 15 is 0 Å². The second-order valence-electron chi connectivity index (χ2n) is 6.32. The number of ether oxygens (including phenoxy) is 3. The molecule has 3 rings (SSSR count). The van der Waals surface area contributed by atoms with Gasteiger partial charge in [-0.3, -0.25) is 0 Å². The third kappa shape index (κ3) is 5.83. The Morgan fingerprint density at radius 1 is 1.00 bits per heavy atom. The molecule has 0 aliphatic carbocycles. The number of benzene rings is 2. The van der Waals surface area contributed by atoms with Crippen molar-refractivity contribution in [1.29, 1.82) is 0 Å². The first-order chi connectivity index (χ1) is 12.2. The summed E-state index contributed by atoms with van der Waals surface area (Å²) in [7, 11) is 0. The quantitative estimate of drug-likeness (QED) is 0.645. The van der Waals surface area contributed by atoms with Gasteiger partial charge in [-0.25, -0.2) is 0 Å². The molecule has 1 fully saturated rings. The highest BCUT2D eigenvalue weighted by Crippen LogP contribution is 2.21. The van der Waals surface area contributed by atoms with Crippen LogP contribution < -0.4 is 10.5 Å². The van der Waals surface area contributed by atoms with Gasteiger partial charge in [0.1, 0.15) is 24.6 Å². The number of hydrogen-bond acceptors (Lipinski definition) is 5. The highest BCUT2D eigenvalue weighted by molar-refractivity contribution is 5.28. The first-order valence-electron chi connectivity index (χ1n) is 8.60. The van der Waals surface area contributed by atoms with Gasteiger partial charge in [-0.2, -0.15) is 0 Å². The zero-order valence-corrected chi connectivity index (χ0v) is 14.2. The topological polar surface area (TPSA) is 77.2 Å². The molecule has 5 nitrogen and oxygen atoms in total. The largest absolute Gasteiger partial charge is 0.489 e. The van der Waals surface area contributed by atoms with E-state index in [0.29, 0.717) is 19.8 Å². The normalized spacial score (nSPS) is 20.2. The van der Waals surface area contributed by atoms with Crippen molar-refractivity contribution in [3.8, 4) is 5.75 Å². The summed E-state index contributed by atoms with van der Waals surface area (Å²) in [5.74, 6) is 0.846. The molecule has 1 aliphatic heterocycles. The molecule has 3 atom stereocenters. The lowest BCUT2D eigenvalue weighted by Gasteiger charge is -2.12. The van der Waals surface area contributed by atoms with Crippen molar-refractivity contribution in [2.45, 2.75) is 31.3 Å². The first kappa shape index (κ1) is 17.9. The minimum atomic E-state index is -0.0672. The molecule has 0 bridgehead atoms. The number of hydrogen-bond donors (Lipinski definition) is 2. The lowest BCUT2D eigenvalue weighted by atomic mass is 10.1. The summed E-state index contributed by atoms with van der Waals surface area (Å²) in [4.78, 5) is 0. The number of epoxide rings is 1. The zero-order chi connectivity index (χ0) is 17.5. The molecule has 0 radical (unpaired) electrons. The van der Waals surface area contributed by atoms with E-state index in [1.807, 2.05) is 54.6 Å². The standard InChI is InChI=1S/C20H25NO4/c21-17(13-23-14-20-19(11-22)25-20)10-15-6-8-18(9-7-15)24-12-16-4-2-1-3-5-16/h1-9,17,19-20,22H,10-14,21H2/t17-,19+,20-/m0/s1. The van der Waals surface area contributed by atoms with Gasteiger partial charge in [0.15, 0.2) is 0 Å². The minimum absolute atomic E-state index is 0.0262. The van der Waals surface area contributed by atoms with Crippen LogP contribution in [-0.2, 0) is 22.5 Å². The average Bonchev–Trinajstić information content (AvgIpc) is 3.40. The van der Waals surface area contributed by atoms with Crippen molar-refractivity contribution < 1.29 is 19.3 Å². The van der Waals surface area contributed by atoms with Gasteiger partial charge in [-0.1, -0.05) is 42.5 Å². The van der Waals surface area contributed by atoms with Crippen LogP contribution in [0.2, 0.25) is 0 Å². The van der Waals surface area contributed by atoms with E-state index in [-0.39, 0.29) is 24.9 Å². The molecule has 0 aromatic heterocycles. The molecular weight excluding hydrogens is 318 g/mol. The highest BCUT2D eigenvalue weighted by atomic mass is 16.6. The molecule has 0 saturated carbocycles. The van der Waals surface area contributed by atoms with Gasteiger partial charge in [-0.05, 0) is 29.7 Å². The van der Waals surface area contributed by atoms with E-state index in [4.69, 9.17) is 25.1 Å². The van der Waals surface area contributed by atoms with Crippen LogP contribution in [0, 0.1) is 0 Å². The zero-order valence-electron chi connectivity index (χ0n) is 14.2. The smallest absolute Gasteiger partial charge is 0.119 e. The maximum atomic E-state index is 8.89. The first-order valence-corrected chi connectivity index (χ1v) is 8.60. The molecule has 3 N–H and O–H groups in total. The number of rotatable bonds is 10. The number of nitrogens with two attached hydrogens (primary N) is 1. The van der Waals surface area contributed by atoms with Crippen molar-refractivity contribution in [2.24, 2.45) is 5.73 Å². The summed E-state index contributed by atoms with van der Waals surface area (Å²) in [5.41, 5.74) is 8.40. The predicted molar refractivity (Wildman–Crippen MR) is 95.5 cm³/mol. The Bertz CT molecular complexity index is 632. The number of aliphatic hydroxyl groups is 1. The lowest BCUT2D eigenvalue weighted by Crippen LogP contribution is -2.29. The second-order valence-corrected chi connectivity index (χ2v) is 6.32. The fraction of sp³-hybridized carbons (Fsp3) is 0.400. The summed E-state index contributed by atoms with van der Waals surface area (Å²) < 4.78 is 16.5. The third-order valence-electron chi connectivity index (χ3n) is 4.15. The van der Waals surface area contributed by atoms with Crippen LogP contribution in [-0.4, -0.2) is 43.2 Å². The number of aliphatic hydroxyl groups excluding tert-OH is 1. The van der Waals surface area contributed by atoms with E-state index in [2.05, 4.69) is 0 Å². The van der Waals surface area contributed by atoms with Gasteiger partial charge < -0.3 is 25.1 Å². The molecule has 1 heterocycles. The fourth-order valence-corrected chi connectivity index (χ4v) is 2.65. The van der Waals surface area contributed by atoms with E-state index in [1.165, 1.54) is 0 Å².